The Morgan fingerprint density at radius 2 is 2.07 bits per heavy atom. The second-order valence-corrected chi connectivity index (χ2v) is 3.08. The van der Waals surface area contributed by atoms with E-state index < -0.39 is 0 Å². The van der Waals surface area contributed by atoms with Crippen molar-refractivity contribution < 1.29 is 0 Å². The van der Waals surface area contributed by atoms with Crippen LogP contribution in [0.4, 0.5) is 5.82 Å². The first kappa shape index (κ1) is 8.68. The summed E-state index contributed by atoms with van der Waals surface area (Å²) in [6.45, 7) is 3.76. The maximum Gasteiger partial charge on any atom is 0.159 e. The zero-order valence-corrected chi connectivity index (χ0v) is 8.10. The molecule has 0 saturated carbocycles. The van der Waals surface area contributed by atoms with Gasteiger partial charge in [-0.3, -0.25) is 0 Å². The smallest absolute Gasteiger partial charge is 0.159 e. The fourth-order valence-electron chi connectivity index (χ4n) is 1.31. The van der Waals surface area contributed by atoms with Gasteiger partial charge in [0.15, 0.2) is 5.82 Å². The van der Waals surface area contributed by atoms with Gasteiger partial charge in [0.1, 0.15) is 11.6 Å². The zero-order valence-electron chi connectivity index (χ0n) is 8.10. The van der Waals surface area contributed by atoms with E-state index in [2.05, 4.69) is 15.1 Å². The highest BCUT2D eigenvalue weighted by Crippen LogP contribution is 2.10. The summed E-state index contributed by atoms with van der Waals surface area (Å²) in [6.07, 6.45) is 1.64. The summed E-state index contributed by atoms with van der Waals surface area (Å²) in [6, 6.07) is 3.57. The molecule has 72 valence electrons. The first-order valence-electron chi connectivity index (χ1n) is 4.29. The summed E-state index contributed by atoms with van der Waals surface area (Å²) in [7, 11) is 0. The van der Waals surface area contributed by atoms with Gasteiger partial charge in [0.05, 0.1) is 6.20 Å². The molecule has 0 bridgehead atoms. The highest BCUT2D eigenvalue weighted by Gasteiger charge is 2.04. The molecule has 0 radical (unpaired) electrons. The number of nitrogens with two attached hydrogens (primary N) is 1. The van der Waals surface area contributed by atoms with Gasteiger partial charge in [0, 0.05) is 17.8 Å². The molecular weight excluding hydrogens is 178 g/mol. The summed E-state index contributed by atoms with van der Waals surface area (Å²) >= 11 is 0. The number of anilines is 1. The largest absolute Gasteiger partial charge is 0.384 e. The van der Waals surface area contributed by atoms with Gasteiger partial charge in [0.2, 0.25) is 0 Å². The summed E-state index contributed by atoms with van der Waals surface area (Å²) in [5.41, 5.74) is 6.62. The summed E-state index contributed by atoms with van der Waals surface area (Å²) in [5, 5.41) is 4.07. The van der Waals surface area contributed by atoms with Crippen LogP contribution in [0, 0.1) is 13.8 Å². The van der Waals surface area contributed by atoms with E-state index in [1.54, 1.807) is 16.9 Å². The predicted molar refractivity (Wildman–Crippen MR) is 53.0 cm³/mol. The average molecular weight is 189 g/mol. The normalized spacial score (nSPS) is 10.4. The second-order valence-electron chi connectivity index (χ2n) is 3.08. The fraction of sp³-hybridized carbons (Fsp3) is 0.222. The third-order valence-electron chi connectivity index (χ3n) is 1.84. The van der Waals surface area contributed by atoms with Crippen molar-refractivity contribution in [2.75, 3.05) is 5.73 Å². The minimum absolute atomic E-state index is 0.572. The lowest BCUT2D eigenvalue weighted by Gasteiger charge is -2.04. The van der Waals surface area contributed by atoms with Gasteiger partial charge >= 0.3 is 0 Å². The number of nitrogen functional groups attached to an aromatic ring is 1. The first-order valence-corrected chi connectivity index (χ1v) is 4.29. The van der Waals surface area contributed by atoms with Gasteiger partial charge in [-0.1, -0.05) is 0 Å². The van der Waals surface area contributed by atoms with Gasteiger partial charge in [-0.15, -0.1) is 0 Å². The van der Waals surface area contributed by atoms with Gasteiger partial charge in [-0.05, 0) is 13.8 Å². The van der Waals surface area contributed by atoms with Crippen LogP contribution in [-0.2, 0) is 0 Å². The van der Waals surface area contributed by atoms with Crippen molar-refractivity contribution in [1.29, 1.82) is 0 Å². The highest BCUT2D eigenvalue weighted by atomic mass is 15.3. The van der Waals surface area contributed by atoms with Crippen molar-refractivity contribution in [2.45, 2.75) is 13.8 Å². The molecular formula is C9H11N5. The predicted octanol–water partition coefficient (Wildman–Crippen LogP) is 0.861. The molecule has 2 N–H and O–H groups in total. The van der Waals surface area contributed by atoms with Crippen LogP contribution in [0.3, 0.4) is 0 Å². The average Bonchev–Trinajstić information content (AvgIpc) is 2.49. The van der Waals surface area contributed by atoms with Crippen molar-refractivity contribution in [1.82, 2.24) is 19.7 Å². The SMILES string of the molecule is Cc1cc(-n2nccc2N)nc(C)n1. The molecule has 0 aromatic carbocycles. The Morgan fingerprint density at radius 3 is 2.64 bits per heavy atom. The lowest BCUT2D eigenvalue weighted by Crippen LogP contribution is -2.06. The summed E-state index contributed by atoms with van der Waals surface area (Å²) in [4.78, 5) is 8.43. The molecule has 2 rings (SSSR count). The van der Waals surface area contributed by atoms with E-state index in [0.29, 0.717) is 11.6 Å². The van der Waals surface area contributed by atoms with E-state index in [1.807, 2.05) is 19.9 Å². The molecule has 0 fully saturated rings. The maximum absolute atomic E-state index is 5.71. The van der Waals surface area contributed by atoms with E-state index in [-0.39, 0.29) is 0 Å². The molecule has 14 heavy (non-hydrogen) atoms. The van der Waals surface area contributed by atoms with Gasteiger partial charge in [0.25, 0.3) is 0 Å². The van der Waals surface area contributed by atoms with Crippen molar-refractivity contribution in [3.63, 3.8) is 0 Å². The Kier molecular flexibility index (Phi) is 1.92. The standard InChI is InChI=1S/C9H11N5/c1-6-5-9(13-7(2)12-6)14-8(10)3-4-11-14/h3-5H,10H2,1-2H3. The van der Waals surface area contributed by atoms with Gasteiger partial charge in [-0.2, -0.15) is 9.78 Å². The van der Waals surface area contributed by atoms with Crippen LogP contribution in [0.5, 0.6) is 0 Å². The molecule has 2 aromatic heterocycles. The quantitative estimate of drug-likeness (QED) is 0.722. The van der Waals surface area contributed by atoms with Crippen LogP contribution in [-0.4, -0.2) is 19.7 Å². The highest BCUT2D eigenvalue weighted by molar-refractivity contribution is 5.37. The molecule has 0 aliphatic heterocycles. The molecule has 2 heterocycles. The van der Waals surface area contributed by atoms with Gasteiger partial charge in [-0.25, -0.2) is 9.97 Å². The van der Waals surface area contributed by atoms with Gasteiger partial charge < -0.3 is 5.73 Å². The van der Waals surface area contributed by atoms with Crippen LogP contribution in [0.25, 0.3) is 5.82 Å². The van der Waals surface area contributed by atoms with E-state index in [1.165, 1.54) is 0 Å². The molecule has 5 heteroatoms. The number of nitrogens with zero attached hydrogens (tertiary/aromatic N) is 4. The molecule has 0 aliphatic carbocycles. The molecule has 0 atom stereocenters. The molecule has 0 unspecified atom stereocenters. The zero-order chi connectivity index (χ0) is 10.1. The summed E-state index contributed by atoms with van der Waals surface area (Å²) < 4.78 is 1.58. The van der Waals surface area contributed by atoms with Crippen LogP contribution >= 0.6 is 0 Å². The van der Waals surface area contributed by atoms with E-state index in [4.69, 9.17) is 5.73 Å². The number of hydrogen-bond donors (Lipinski definition) is 1. The van der Waals surface area contributed by atoms with E-state index >= 15 is 0 Å². The Bertz CT molecular complexity index is 440. The monoisotopic (exact) mass is 189 g/mol. The lowest BCUT2D eigenvalue weighted by molar-refractivity contribution is 0.831. The topological polar surface area (TPSA) is 69.6 Å². The first-order chi connectivity index (χ1) is 6.66. The van der Waals surface area contributed by atoms with Crippen LogP contribution < -0.4 is 5.73 Å². The molecule has 0 saturated heterocycles. The Balaban J connectivity index is 2.57. The van der Waals surface area contributed by atoms with Crippen LogP contribution in [0.1, 0.15) is 11.5 Å². The van der Waals surface area contributed by atoms with Crippen LogP contribution in [0.15, 0.2) is 18.3 Å². The van der Waals surface area contributed by atoms with Crippen molar-refractivity contribution >= 4 is 5.82 Å². The fourth-order valence-corrected chi connectivity index (χ4v) is 1.31. The number of aromatic nitrogens is 4. The molecule has 5 nitrogen and oxygen atoms in total. The van der Waals surface area contributed by atoms with Crippen molar-refractivity contribution in [3.05, 3.63) is 29.8 Å². The Morgan fingerprint density at radius 1 is 1.29 bits per heavy atom. The molecule has 0 aliphatic rings. The van der Waals surface area contributed by atoms with Crippen molar-refractivity contribution in [2.24, 2.45) is 0 Å². The molecule has 2 aromatic rings. The Labute approximate surface area is 81.6 Å². The van der Waals surface area contributed by atoms with Crippen molar-refractivity contribution in [3.8, 4) is 5.82 Å². The third kappa shape index (κ3) is 1.44. The minimum Gasteiger partial charge on any atom is -0.384 e. The molecule has 0 spiro atoms. The Hall–Kier alpha value is -1.91. The third-order valence-corrected chi connectivity index (χ3v) is 1.84. The second kappa shape index (κ2) is 3.10. The number of aryl methyl sites for hydroxylation is 2. The minimum atomic E-state index is 0.572. The number of hydrogen-bond acceptors (Lipinski definition) is 4. The maximum atomic E-state index is 5.71. The van der Waals surface area contributed by atoms with Crippen LogP contribution in [0.2, 0.25) is 0 Å². The van der Waals surface area contributed by atoms with E-state index in [9.17, 15) is 0 Å². The van der Waals surface area contributed by atoms with E-state index in [0.717, 1.165) is 11.5 Å². The number of rotatable bonds is 1. The summed E-state index contributed by atoms with van der Waals surface area (Å²) in [5.74, 6) is 2.00. The molecule has 0 amide bonds. The lowest BCUT2D eigenvalue weighted by atomic mass is 10.4.